The molecule has 0 fully saturated rings. The SMILES string of the molecule is CCOC(=O)CC(C)NCc1cnccc1C. The third-order valence-corrected chi connectivity index (χ3v) is 2.57. The average molecular weight is 236 g/mol. The van der Waals surface area contributed by atoms with Gasteiger partial charge < -0.3 is 10.1 Å². The third kappa shape index (κ3) is 4.95. The number of ether oxygens (including phenoxy) is 1. The lowest BCUT2D eigenvalue weighted by atomic mass is 10.1. The molecular formula is C13H20N2O2. The Labute approximate surface area is 102 Å². The number of aryl methyl sites for hydroxylation is 1. The first kappa shape index (κ1) is 13.6. The molecule has 0 aliphatic rings. The average Bonchev–Trinajstić information content (AvgIpc) is 2.28. The van der Waals surface area contributed by atoms with Crippen LogP contribution in [0.4, 0.5) is 0 Å². The molecule has 0 amide bonds. The topological polar surface area (TPSA) is 51.2 Å². The predicted octanol–water partition coefficient (Wildman–Crippen LogP) is 1.82. The van der Waals surface area contributed by atoms with Crippen LogP contribution in [0.2, 0.25) is 0 Å². The fraction of sp³-hybridized carbons (Fsp3) is 0.538. The first-order valence-corrected chi connectivity index (χ1v) is 5.92. The quantitative estimate of drug-likeness (QED) is 0.765. The predicted molar refractivity (Wildman–Crippen MR) is 66.5 cm³/mol. The van der Waals surface area contributed by atoms with Crippen molar-refractivity contribution in [3.05, 3.63) is 29.6 Å². The molecule has 0 saturated carbocycles. The normalized spacial score (nSPS) is 12.2. The molecule has 1 rings (SSSR count). The van der Waals surface area contributed by atoms with Gasteiger partial charge in [0.15, 0.2) is 0 Å². The second kappa shape index (κ2) is 7.01. The van der Waals surface area contributed by atoms with E-state index in [2.05, 4.69) is 17.2 Å². The molecular weight excluding hydrogens is 216 g/mol. The van der Waals surface area contributed by atoms with Crippen molar-refractivity contribution in [1.82, 2.24) is 10.3 Å². The van der Waals surface area contributed by atoms with Crippen LogP contribution in [0.5, 0.6) is 0 Å². The summed E-state index contributed by atoms with van der Waals surface area (Å²) in [4.78, 5) is 15.3. The Kier molecular flexibility index (Phi) is 5.63. The summed E-state index contributed by atoms with van der Waals surface area (Å²) in [6, 6.07) is 2.08. The van der Waals surface area contributed by atoms with Gasteiger partial charge in [-0.3, -0.25) is 9.78 Å². The molecule has 4 heteroatoms. The van der Waals surface area contributed by atoms with E-state index in [0.29, 0.717) is 13.0 Å². The lowest BCUT2D eigenvalue weighted by Crippen LogP contribution is -2.29. The van der Waals surface area contributed by atoms with E-state index in [1.807, 2.05) is 26.1 Å². The summed E-state index contributed by atoms with van der Waals surface area (Å²) in [7, 11) is 0. The van der Waals surface area contributed by atoms with Gasteiger partial charge in [0.25, 0.3) is 0 Å². The molecule has 1 N–H and O–H groups in total. The summed E-state index contributed by atoms with van der Waals surface area (Å²) >= 11 is 0. The lowest BCUT2D eigenvalue weighted by molar-refractivity contribution is -0.143. The van der Waals surface area contributed by atoms with Gasteiger partial charge in [0.2, 0.25) is 0 Å². The van der Waals surface area contributed by atoms with Gasteiger partial charge in [0, 0.05) is 25.0 Å². The van der Waals surface area contributed by atoms with Crippen molar-refractivity contribution in [3.63, 3.8) is 0 Å². The summed E-state index contributed by atoms with van der Waals surface area (Å²) in [5.41, 5.74) is 2.36. The smallest absolute Gasteiger partial charge is 0.307 e. The summed E-state index contributed by atoms with van der Waals surface area (Å²) in [6.07, 6.45) is 4.02. The van der Waals surface area contributed by atoms with Gasteiger partial charge in [0.1, 0.15) is 0 Å². The molecule has 1 aromatic heterocycles. The van der Waals surface area contributed by atoms with Crippen molar-refractivity contribution < 1.29 is 9.53 Å². The van der Waals surface area contributed by atoms with E-state index in [9.17, 15) is 4.79 Å². The van der Waals surface area contributed by atoms with Gasteiger partial charge in [0.05, 0.1) is 13.0 Å². The first-order chi connectivity index (χ1) is 8.13. The third-order valence-electron chi connectivity index (χ3n) is 2.57. The van der Waals surface area contributed by atoms with Crippen molar-refractivity contribution in [2.45, 2.75) is 39.8 Å². The zero-order valence-corrected chi connectivity index (χ0v) is 10.7. The Bertz CT molecular complexity index is 366. The van der Waals surface area contributed by atoms with Crippen LogP contribution in [0.25, 0.3) is 0 Å². The number of hydrogen-bond acceptors (Lipinski definition) is 4. The Balaban J connectivity index is 2.35. The maximum atomic E-state index is 11.3. The highest BCUT2D eigenvalue weighted by Gasteiger charge is 2.09. The largest absolute Gasteiger partial charge is 0.466 e. The molecule has 1 aromatic rings. The summed E-state index contributed by atoms with van der Waals surface area (Å²) in [5.74, 6) is -0.157. The molecule has 1 heterocycles. The number of aromatic nitrogens is 1. The van der Waals surface area contributed by atoms with Gasteiger partial charge in [-0.1, -0.05) is 0 Å². The van der Waals surface area contributed by atoms with Gasteiger partial charge in [-0.15, -0.1) is 0 Å². The van der Waals surface area contributed by atoms with Crippen LogP contribution in [0.15, 0.2) is 18.5 Å². The number of carbonyl (C=O) groups excluding carboxylic acids is 1. The van der Waals surface area contributed by atoms with Crippen LogP contribution in [0.3, 0.4) is 0 Å². The first-order valence-electron chi connectivity index (χ1n) is 5.92. The van der Waals surface area contributed by atoms with Gasteiger partial charge in [-0.2, -0.15) is 0 Å². The zero-order chi connectivity index (χ0) is 12.7. The molecule has 1 atom stereocenters. The van der Waals surface area contributed by atoms with E-state index in [0.717, 1.165) is 12.1 Å². The molecule has 0 aliphatic heterocycles. The monoisotopic (exact) mass is 236 g/mol. The van der Waals surface area contributed by atoms with E-state index in [4.69, 9.17) is 4.74 Å². The summed E-state index contributed by atoms with van der Waals surface area (Å²) in [5, 5.41) is 3.29. The molecule has 17 heavy (non-hydrogen) atoms. The number of nitrogens with one attached hydrogen (secondary N) is 1. The van der Waals surface area contributed by atoms with Crippen molar-refractivity contribution in [2.24, 2.45) is 0 Å². The van der Waals surface area contributed by atoms with Gasteiger partial charge in [-0.05, 0) is 38.0 Å². The van der Waals surface area contributed by atoms with Gasteiger partial charge in [-0.25, -0.2) is 0 Å². The number of esters is 1. The number of rotatable bonds is 6. The van der Waals surface area contributed by atoms with E-state index < -0.39 is 0 Å². The molecule has 4 nitrogen and oxygen atoms in total. The standard InChI is InChI=1S/C13H20N2O2/c1-4-17-13(16)7-11(3)15-9-12-8-14-6-5-10(12)2/h5-6,8,11,15H,4,7,9H2,1-3H3. The summed E-state index contributed by atoms with van der Waals surface area (Å²) < 4.78 is 4.90. The zero-order valence-electron chi connectivity index (χ0n) is 10.7. The highest BCUT2D eigenvalue weighted by atomic mass is 16.5. The molecule has 0 aliphatic carbocycles. The molecule has 94 valence electrons. The molecule has 1 unspecified atom stereocenters. The van der Waals surface area contributed by atoms with E-state index in [-0.39, 0.29) is 12.0 Å². The van der Waals surface area contributed by atoms with Crippen molar-refractivity contribution in [1.29, 1.82) is 0 Å². The number of nitrogens with zero attached hydrogens (tertiary/aromatic N) is 1. The highest BCUT2D eigenvalue weighted by Crippen LogP contribution is 2.05. The second-order valence-corrected chi connectivity index (χ2v) is 4.09. The van der Waals surface area contributed by atoms with Crippen LogP contribution >= 0.6 is 0 Å². The maximum Gasteiger partial charge on any atom is 0.307 e. The van der Waals surface area contributed by atoms with E-state index in [1.165, 1.54) is 5.56 Å². The van der Waals surface area contributed by atoms with E-state index in [1.54, 1.807) is 6.20 Å². The fourth-order valence-corrected chi connectivity index (χ4v) is 1.51. The fourth-order valence-electron chi connectivity index (χ4n) is 1.51. The Morgan fingerprint density at radius 1 is 1.59 bits per heavy atom. The minimum absolute atomic E-state index is 0.105. The summed E-state index contributed by atoms with van der Waals surface area (Å²) in [6.45, 7) is 7.00. The highest BCUT2D eigenvalue weighted by molar-refractivity contribution is 5.69. The number of pyridine rings is 1. The van der Waals surface area contributed by atoms with Gasteiger partial charge >= 0.3 is 5.97 Å². The molecule has 0 spiro atoms. The van der Waals surface area contributed by atoms with Crippen LogP contribution in [-0.2, 0) is 16.1 Å². The second-order valence-electron chi connectivity index (χ2n) is 4.09. The molecule has 0 saturated heterocycles. The van der Waals surface area contributed by atoms with Crippen LogP contribution in [-0.4, -0.2) is 23.6 Å². The molecule has 0 aromatic carbocycles. The Hall–Kier alpha value is -1.42. The Morgan fingerprint density at radius 2 is 2.35 bits per heavy atom. The lowest BCUT2D eigenvalue weighted by Gasteiger charge is -2.13. The molecule has 0 bridgehead atoms. The van der Waals surface area contributed by atoms with Crippen LogP contribution < -0.4 is 5.32 Å². The van der Waals surface area contributed by atoms with Crippen LogP contribution in [0, 0.1) is 6.92 Å². The van der Waals surface area contributed by atoms with Crippen molar-refractivity contribution >= 4 is 5.97 Å². The number of hydrogen-bond donors (Lipinski definition) is 1. The maximum absolute atomic E-state index is 11.3. The Morgan fingerprint density at radius 3 is 3.00 bits per heavy atom. The number of carbonyl (C=O) groups is 1. The van der Waals surface area contributed by atoms with E-state index >= 15 is 0 Å². The van der Waals surface area contributed by atoms with Crippen molar-refractivity contribution in [2.75, 3.05) is 6.61 Å². The minimum Gasteiger partial charge on any atom is -0.466 e. The van der Waals surface area contributed by atoms with Crippen molar-refractivity contribution in [3.8, 4) is 0 Å². The molecule has 0 radical (unpaired) electrons. The van der Waals surface area contributed by atoms with Crippen LogP contribution in [0.1, 0.15) is 31.4 Å². The minimum atomic E-state index is -0.157.